The van der Waals surface area contributed by atoms with Crippen LogP contribution in [0.15, 0.2) is 21.9 Å². The summed E-state index contributed by atoms with van der Waals surface area (Å²) in [6.07, 6.45) is 2.66. The normalized spacial score (nSPS) is 24.9. The number of carbonyl (C=O) groups is 1. The number of aliphatic hydroxyl groups is 1. The number of halogens is 2. The number of hydrogen-bond acceptors (Lipinski definition) is 2. The maximum Gasteiger partial charge on any atom is 0.153 e. The molecular weight excluding hydrogens is 231 g/mol. The molecule has 0 aliphatic heterocycles. The van der Waals surface area contributed by atoms with E-state index < -0.39 is 0 Å². The van der Waals surface area contributed by atoms with Crippen LogP contribution in [0.5, 0.6) is 0 Å². The minimum absolute atomic E-state index is 0.00287. The van der Waals surface area contributed by atoms with Gasteiger partial charge in [0.05, 0.1) is 11.0 Å². The molecule has 0 radical (unpaired) electrons. The summed E-state index contributed by atoms with van der Waals surface area (Å²) >= 11 is 8.86. The van der Waals surface area contributed by atoms with Gasteiger partial charge in [-0.2, -0.15) is 0 Å². The largest absolute Gasteiger partial charge is 0.506 e. The Hall–Kier alpha value is -0.280. The maximum absolute atomic E-state index is 10.3. The Morgan fingerprint density at radius 1 is 1.82 bits per heavy atom. The van der Waals surface area contributed by atoms with Crippen molar-refractivity contribution in [2.75, 3.05) is 0 Å². The van der Waals surface area contributed by atoms with Gasteiger partial charge < -0.3 is 5.11 Å². The molecule has 4 heteroatoms. The van der Waals surface area contributed by atoms with Crippen LogP contribution < -0.4 is 0 Å². The lowest BCUT2D eigenvalue weighted by Gasteiger charge is -2.13. The molecule has 1 atom stereocenters. The van der Waals surface area contributed by atoms with Crippen molar-refractivity contribution in [1.29, 1.82) is 0 Å². The van der Waals surface area contributed by atoms with Crippen molar-refractivity contribution in [1.82, 2.24) is 0 Å². The Kier molecular flexibility index (Phi) is 2.73. The molecule has 11 heavy (non-hydrogen) atoms. The summed E-state index contributed by atoms with van der Waals surface area (Å²) in [6, 6.07) is 0. The standard InChI is InChI=1S/C7H6BrClO2/c8-6-2-5(9)1-4(3-10)7(6)11/h1,3,5,11H,2H2. The number of rotatable bonds is 1. The van der Waals surface area contributed by atoms with Gasteiger partial charge in [-0.25, -0.2) is 0 Å². The molecule has 0 aromatic carbocycles. The van der Waals surface area contributed by atoms with Gasteiger partial charge in [0, 0.05) is 10.9 Å². The molecule has 60 valence electrons. The topological polar surface area (TPSA) is 37.3 Å². The Bertz CT molecular complexity index is 245. The predicted molar refractivity (Wildman–Crippen MR) is 47.0 cm³/mol. The van der Waals surface area contributed by atoms with Gasteiger partial charge in [0.25, 0.3) is 0 Å². The highest BCUT2D eigenvalue weighted by Gasteiger charge is 2.17. The third-order valence-electron chi connectivity index (χ3n) is 1.39. The van der Waals surface area contributed by atoms with Crippen molar-refractivity contribution >= 4 is 33.8 Å². The molecule has 1 unspecified atom stereocenters. The Balaban J connectivity index is 2.99. The SMILES string of the molecule is O=CC1=CC(Cl)CC(Br)=C1O. The average Bonchev–Trinajstić information content (AvgIpc) is 1.96. The minimum Gasteiger partial charge on any atom is -0.506 e. The van der Waals surface area contributed by atoms with E-state index in [1.165, 1.54) is 6.08 Å². The van der Waals surface area contributed by atoms with Crippen molar-refractivity contribution in [3.05, 3.63) is 21.9 Å². The van der Waals surface area contributed by atoms with Gasteiger partial charge in [-0.15, -0.1) is 11.6 Å². The van der Waals surface area contributed by atoms with Crippen LogP contribution in [0, 0.1) is 0 Å². The highest BCUT2D eigenvalue weighted by atomic mass is 79.9. The number of carbonyl (C=O) groups excluding carboxylic acids is 1. The lowest BCUT2D eigenvalue weighted by Crippen LogP contribution is -2.07. The van der Waals surface area contributed by atoms with Gasteiger partial charge in [0.15, 0.2) is 6.29 Å². The molecule has 0 saturated carbocycles. The zero-order chi connectivity index (χ0) is 8.43. The molecular formula is C7H6BrClO2. The molecule has 1 aliphatic rings. The summed E-state index contributed by atoms with van der Waals surface area (Å²) in [5.41, 5.74) is 0.253. The van der Waals surface area contributed by atoms with Gasteiger partial charge in [-0.05, 0) is 0 Å². The summed E-state index contributed by atoms with van der Waals surface area (Å²) in [7, 11) is 0. The minimum atomic E-state index is -0.208. The molecule has 0 spiro atoms. The highest BCUT2D eigenvalue weighted by Crippen LogP contribution is 2.29. The van der Waals surface area contributed by atoms with Gasteiger partial charge in [-0.3, -0.25) is 4.79 Å². The molecule has 0 aromatic rings. The van der Waals surface area contributed by atoms with Crippen molar-refractivity contribution in [2.24, 2.45) is 0 Å². The Labute approximate surface area is 77.7 Å². The molecule has 2 nitrogen and oxygen atoms in total. The molecule has 1 rings (SSSR count). The molecule has 1 N–H and O–H groups in total. The molecule has 0 bridgehead atoms. The van der Waals surface area contributed by atoms with Crippen LogP contribution in [0.25, 0.3) is 0 Å². The first-order valence-corrected chi connectivity index (χ1v) is 4.27. The third kappa shape index (κ3) is 1.84. The summed E-state index contributed by atoms with van der Waals surface area (Å²) in [5.74, 6) is -0.00287. The summed E-state index contributed by atoms with van der Waals surface area (Å²) in [5, 5.41) is 9.02. The van der Waals surface area contributed by atoms with Crippen LogP contribution in [-0.4, -0.2) is 16.8 Å². The second kappa shape index (κ2) is 3.41. The van der Waals surface area contributed by atoms with E-state index in [0.29, 0.717) is 17.2 Å². The third-order valence-corrected chi connectivity index (χ3v) is 2.37. The molecule has 1 aliphatic carbocycles. The van der Waals surface area contributed by atoms with Gasteiger partial charge in [0.2, 0.25) is 0 Å². The lowest BCUT2D eigenvalue weighted by molar-refractivity contribution is -0.104. The van der Waals surface area contributed by atoms with E-state index in [-0.39, 0.29) is 16.7 Å². The van der Waals surface area contributed by atoms with Gasteiger partial charge in [-0.1, -0.05) is 22.0 Å². The van der Waals surface area contributed by atoms with E-state index in [2.05, 4.69) is 15.9 Å². The average molecular weight is 237 g/mol. The smallest absolute Gasteiger partial charge is 0.153 e. The van der Waals surface area contributed by atoms with E-state index in [4.69, 9.17) is 11.6 Å². The van der Waals surface area contributed by atoms with Crippen molar-refractivity contribution in [2.45, 2.75) is 11.8 Å². The molecule has 0 fully saturated rings. The van der Waals surface area contributed by atoms with Gasteiger partial charge >= 0.3 is 0 Å². The number of hydrogen-bond donors (Lipinski definition) is 1. The number of allylic oxidation sites excluding steroid dienone is 3. The number of alkyl halides is 1. The van der Waals surface area contributed by atoms with E-state index >= 15 is 0 Å². The zero-order valence-electron chi connectivity index (χ0n) is 5.55. The Morgan fingerprint density at radius 3 is 3.00 bits per heavy atom. The second-order valence-corrected chi connectivity index (χ2v) is 3.73. The fourth-order valence-corrected chi connectivity index (χ4v) is 1.91. The zero-order valence-corrected chi connectivity index (χ0v) is 7.89. The first-order chi connectivity index (χ1) is 5.15. The molecule has 0 heterocycles. The van der Waals surface area contributed by atoms with Crippen LogP contribution in [0.3, 0.4) is 0 Å². The van der Waals surface area contributed by atoms with E-state index in [1.54, 1.807) is 0 Å². The fraction of sp³-hybridized carbons (Fsp3) is 0.286. The van der Waals surface area contributed by atoms with E-state index in [9.17, 15) is 9.90 Å². The van der Waals surface area contributed by atoms with Crippen LogP contribution in [0.2, 0.25) is 0 Å². The monoisotopic (exact) mass is 236 g/mol. The van der Waals surface area contributed by atoms with Crippen LogP contribution >= 0.6 is 27.5 Å². The van der Waals surface area contributed by atoms with Crippen LogP contribution in [-0.2, 0) is 4.79 Å². The molecule has 0 aromatic heterocycles. The maximum atomic E-state index is 10.3. The summed E-state index contributed by atoms with van der Waals surface area (Å²) in [6.45, 7) is 0. The van der Waals surface area contributed by atoms with Crippen LogP contribution in [0.1, 0.15) is 6.42 Å². The van der Waals surface area contributed by atoms with Crippen molar-refractivity contribution in [3.8, 4) is 0 Å². The Morgan fingerprint density at radius 2 is 2.45 bits per heavy atom. The summed E-state index contributed by atoms with van der Waals surface area (Å²) < 4.78 is 0.585. The van der Waals surface area contributed by atoms with E-state index in [1.807, 2.05) is 0 Å². The van der Waals surface area contributed by atoms with Crippen LogP contribution in [0.4, 0.5) is 0 Å². The molecule has 0 amide bonds. The fourth-order valence-electron chi connectivity index (χ4n) is 0.852. The highest BCUT2D eigenvalue weighted by molar-refractivity contribution is 9.11. The second-order valence-electron chi connectivity index (χ2n) is 2.21. The van der Waals surface area contributed by atoms with Crippen molar-refractivity contribution in [3.63, 3.8) is 0 Å². The van der Waals surface area contributed by atoms with Gasteiger partial charge in [0.1, 0.15) is 5.76 Å². The lowest BCUT2D eigenvalue weighted by atomic mass is 10.1. The predicted octanol–water partition coefficient (Wildman–Crippen LogP) is 2.29. The van der Waals surface area contributed by atoms with Crippen molar-refractivity contribution < 1.29 is 9.90 Å². The quantitative estimate of drug-likeness (QED) is 0.561. The van der Waals surface area contributed by atoms with E-state index in [0.717, 1.165) is 0 Å². The molecule has 0 saturated heterocycles. The first kappa shape index (κ1) is 8.81. The first-order valence-electron chi connectivity index (χ1n) is 3.04. The number of aldehydes is 1. The summed E-state index contributed by atoms with van der Waals surface area (Å²) in [4.78, 5) is 10.3. The number of aliphatic hydroxyl groups excluding tert-OH is 1.